The molecule has 0 aromatic heterocycles. The fraction of sp³-hybridized carbons (Fsp3) is 0.462. The Bertz CT molecular complexity index is 496. The molecule has 1 heterocycles. The molecule has 0 aliphatic carbocycles. The highest BCUT2D eigenvalue weighted by Crippen LogP contribution is 2.42. The van der Waals surface area contributed by atoms with Gasteiger partial charge in [-0.1, -0.05) is 0 Å². The summed E-state index contributed by atoms with van der Waals surface area (Å²) < 4.78 is 11.2. The average molecular weight is 251 g/mol. The molecule has 1 unspecified atom stereocenters. The van der Waals surface area contributed by atoms with E-state index >= 15 is 0 Å². The van der Waals surface area contributed by atoms with E-state index in [-0.39, 0.29) is 6.42 Å². The van der Waals surface area contributed by atoms with Crippen molar-refractivity contribution in [3.05, 3.63) is 23.3 Å². The molecule has 98 valence electrons. The van der Waals surface area contributed by atoms with Crippen LogP contribution in [0.15, 0.2) is 12.1 Å². The van der Waals surface area contributed by atoms with Crippen LogP contribution in [-0.4, -0.2) is 16.9 Å². The Balaban J connectivity index is 2.33. The number of ether oxygens (including phenoxy) is 2. The summed E-state index contributed by atoms with van der Waals surface area (Å²) in [6, 6.07) is 3.06. The zero-order valence-corrected chi connectivity index (χ0v) is 10.7. The van der Waals surface area contributed by atoms with Gasteiger partial charge in [-0.25, -0.2) is 0 Å². The van der Waals surface area contributed by atoms with Crippen LogP contribution in [0.5, 0.6) is 11.5 Å². The zero-order valence-electron chi connectivity index (χ0n) is 10.7. The average Bonchev–Trinajstić information content (AvgIpc) is 2.48. The zero-order chi connectivity index (χ0) is 13.5. The van der Waals surface area contributed by atoms with Gasteiger partial charge in [0.05, 0.1) is 6.42 Å². The van der Waals surface area contributed by atoms with Gasteiger partial charge in [-0.05, 0) is 30.2 Å². The normalized spacial score (nSPS) is 17.6. The molecule has 2 rings (SSSR count). The molecule has 18 heavy (non-hydrogen) atoms. The van der Waals surface area contributed by atoms with Crippen molar-refractivity contribution in [1.82, 2.24) is 0 Å². The van der Waals surface area contributed by atoms with E-state index in [9.17, 15) is 4.79 Å². The first kappa shape index (κ1) is 12.7. The van der Waals surface area contributed by atoms with Crippen LogP contribution in [0, 0.1) is 6.92 Å². The van der Waals surface area contributed by atoms with Gasteiger partial charge in [0.25, 0.3) is 0 Å². The molecular formula is C13H17NO4. The first-order valence-electron chi connectivity index (χ1n) is 5.78. The minimum atomic E-state index is -0.917. The van der Waals surface area contributed by atoms with Crippen LogP contribution in [0.1, 0.15) is 37.4 Å². The summed E-state index contributed by atoms with van der Waals surface area (Å²) in [4.78, 5) is 10.7. The second-order valence-corrected chi connectivity index (χ2v) is 4.96. The van der Waals surface area contributed by atoms with Crippen LogP contribution >= 0.6 is 0 Å². The quantitative estimate of drug-likeness (QED) is 0.858. The van der Waals surface area contributed by atoms with Gasteiger partial charge in [0.15, 0.2) is 11.5 Å². The third-order valence-corrected chi connectivity index (χ3v) is 2.84. The first-order valence-corrected chi connectivity index (χ1v) is 5.78. The van der Waals surface area contributed by atoms with E-state index in [2.05, 4.69) is 0 Å². The van der Waals surface area contributed by atoms with Crippen LogP contribution in [0.4, 0.5) is 0 Å². The summed E-state index contributed by atoms with van der Waals surface area (Å²) in [5.41, 5.74) is 7.56. The van der Waals surface area contributed by atoms with E-state index in [1.807, 2.05) is 26.8 Å². The summed E-state index contributed by atoms with van der Waals surface area (Å²) in [5, 5.41) is 8.78. The van der Waals surface area contributed by atoms with Crippen LogP contribution in [0.2, 0.25) is 0 Å². The van der Waals surface area contributed by atoms with E-state index in [0.717, 1.165) is 11.1 Å². The molecule has 5 nitrogen and oxygen atoms in total. The maximum absolute atomic E-state index is 10.7. The van der Waals surface area contributed by atoms with Gasteiger partial charge in [-0.3, -0.25) is 4.79 Å². The third-order valence-electron chi connectivity index (χ3n) is 2.84. The lowest BCUT2D eigenvalue weighted by Gasteiger charge is -2.16. The highest BCUT2D eigenvalue weighted by atomic mass is 16.7. The first-order chi connectivity index (χ1) is 8.28. The highest BCUT2D eigenvalue weighted by molar-refractivity contribution is 5.68. The maximum Gasteiger partial charge on any atom is 0.305 e. The van der Waals surface area contributed by atoms with Crippen LogP contribution in [-0.2, 0) is 4.79 Å². The molecule has 5 heteroatoms. The number of hydrogen-bond donors (Lipinski definition) is 2. The van der Waals surface area contributed by atoms with Crippen LogP contribution in [0.25, 0.3) is 0 Å². The summed E-state index contributed by atoms with van der Waals surface area (Å²) in [6.45, 7) is 5.52. The fourth-order valence-electron chi connectivity index (χ4n) is 2.08. The molecule has 1 aliphatic rings. The van der Waals surface area contributed by atoms with E-state index in [1.165, 1.54) is 0 Å². The van der Waals surface area contributed by atoms with Crippen molar-refractivity contribution in [2.75, 3.05) is 0 Å². The lowest BCUT2D eigenvalue weighted by atomic mass is 9.99. The lowest BCUT2D eigenvalue weighted by molar-refractivity contribution is -0.137. The molecule has 1 aliphatic heterocycles. The number of carboxylic acid groups (broad SMARTS) is 1. The van der Waals surface area contributed by atoms with Crippen molar-refractivity contribution in [3.8, 4) is 11.5 Å². The van der Waals surface area contributed by atoms with E-state index < -0.39 is 17.8 Å². The molecule has 1 aromatic carbocycles. The van der Waals surface area contributed by atoms with Crippen molar-refractivity contribution in [3.63, 3.8) is 0 Å². The number of hydrogen-bond acceptors (Lipinski definition) is 4. The second-order valence-electron chi connectivity index (χ2n) is 4.96. The minimum Gasteiger partial charge on any atom is -0.481 e. The fourth-order valence-corrected chi connectivity index (χ4v) is 2.08. The number of rotatable bonds is 3. The Morgan fingerprint density at radius 3 is 2.50 bits per heavy atom. The number of carbonyl (C=O) groups is 1. The van der Waals surface area contributed by atoms with Gasteiger partial charge in [-0.15, -0.1) is 0 Å². The second kappa shape index (κ2) is 4.17. The number of aryl methyl sites for hydroxylation is 1. The van der Waals surface area contributed by atoms with Crippen molar-refractivity contribution >= 4 is 5.97 Å². The summed E-state index contributed by atoms with van der Waals surface area (Å²) in [7, 11) is 0. The van der Waals surface area contributed by atoms with Gasteiger partial charge in [0.2, 0.25) is 5.79 Å². The molecule has 0 bridgehead atoms. The minimum absolute atomic E-state index is 0.107. The molecule has 0 spiro atoms. The number of fused-ring (bicyclic) bond motifs is 1. The van der Waals surface area contributed by atoms with E-state index in [4.69, 9.17) is 20.3 Å². The molecule has 0 saturated heterocycles. The SMILES string of the molecule is Cc1cc2c(cc1C(N)CC(=O)O)OC(C)(C)O2. The predicted molar refractivity (Wildman–Crippen MR) is 65.7 cm³/mol. The van der Waals surface area contributed by atoms with Crippen molar-refractivity contribution in [2.24, 2.45) is 5.73 Å². The third kappa shape index (κ3) is 2.41. The van der Waals surface area contributed by atoms with Gasteiger partial charge in [0, 0.05) is 19.9 Å². The summed E-state index contributed by atoms with van der Waals surface area (Å²) in [5.74, 6) is -0.324. The molecule has 0 amide bonds. The van der Waals surface area contributed by atoms with Crippen molar-refractivity contribution in [2.45, 2.75) is 39.0 Å². The Labute approximate surface area is 106 Å². The maximum atomic E-state index is 10.7. The van der Waals surface area contributed by atoms with Gasteiger partial charge < -0.3 is 20.3 Å². The van der Waals surface area contributed by atoms with Crippen LogP contribution < -0.4 is 15.2 Å². The molecule has 0 radical (unpaired) electrons. The molecule has 1 atom stereocenters. The summed E-state index contributed by atoms with van der Waals surface area (Å²) in [6.07, 6.45) is -0.107. The molecule has 0 fully saturated rings. The molecular weight excluding hydrogens is 234 g/mol. The number of nitrogens with two attached hydrogens (primary N) is 1. The lowest BCUT2D eigenvalue weighted by Crippen LogP contribution is -2.29. The molecule has 0 saturated carbocycles. The number of benzene rings is 1. The standard InChI is InChI=1S/C13H17NO4/c1-7-4-10-11(18-13(2,3)17-10)5-8(7)9(14)6-12(15)16/h4-5,9H,6,14H2,1-3H3,(H,15,16). The molecule has 3 N–H and O–H groups in total. The van der Waals surface area contributed by atoms with Gasteiger partial charge in [-0.2, -0.15) is 0 Å². The molecule has 1 aromatic rings. The smallest absolute Gasteiger partial charge is 0.305 e. The highest BCUT2D eigenvalue weighted by Gasteiger charge is 2.32. The number of carboxylic acids is 1. The van der Waals surface area contributed by atoms with E-state index in [1.54, 1.807) is 6.07 Å². The van der Waals surface area contributed by atoms with E-state index in [0.29, 0.717) is 11.5 Å². The van der Waals surface area contributed by atoms with Crippen molar-refractivity contribution < 1.29 is 19.4 Å². The Kier molecular flexibility index (Phi) is 2.94. The van der Waals surface area contributed by atoms with Gasteiger partial charge in [0.1, 0.15) is 0 Å². The monoisotopic (exact) mass is 251 g/mol. The Hall–Kier alpha value is -1.75. The Morgan fingerprint density at radius 1 is 1.39 bits per heavy atom. The number of aliphatic carboxylic acids is 1. The largest absolute Gasteiger partial charge is 0.481 e. The predicted octanol–water partition coefficient (Wildman–Crippen LogP) is 1.98. The van der Waals surface area contributed by atoms with Gasteiger partial charge >= 0.3 is 5.97 Å². The Morgan fingerprint density at radius 2 is 1.94 bits per heavy atom. The summed E-state index contributed by atoms with van der Waals surface area (Å²) >= 11 is 0. The van der Waals surface area contributed by atoms with Crippen molar-refractivity contribution in [1.29, 1.82) is 0 Å². The topological polar surface area (TPSA) is 81.8 Å². The van der Waals surface area contributed by atoms with Crippen LogP contribution in [0.3, 0.4) is 0 Å².